The van der Waals surface area contributed by atoms with E-state index in [1.807, 2.05) is 30.3 Å². The maximum Gasteiger partial charge on any atom is 0.253 e. The molecule has 4 atom stereocenters. The summed E-state index contributed by atoms with van der Waals surface area (Å²) in [5, 5.41) is 12.6. The van der Waals surface area contributed by atoms with Gasteiger partial charge in [0.15, 0.2) is 6.29 Å². The first-order chi connectivity index (χ1) is 24.5. The van der Waals surface area contributed by atoms with Gasteiger partial charge in [0, 0.05) is 75.5 Å². The number of hydrogen-bond donors (Lipinski definition) is 2. The number of pyridine rings is 1. The van der Waals surface area contributed by atoms with Gasteiger partial charge >= 0.3 is 0 Å². The van der Waals surface area contributed by atoms with Crippen molar-refractivity contribution in [2.45, 2.75) is 38.6 Å². The summed E-state index contributed by atoms with van der Waals surface area (Å²) < 4.78 is 13.5. The zero-order valence-electron chi connectivity index (χ0n) is 28.1. The van der Waals surface area contributed by atoms with Crippen LogP contribution in [-0.2, 0) is 22.6 Å². The fourth-order valence-electron chi connectivity index (χ4n) is 6.64. The lowest BCUT2D eigenvalue weighted by Crippen LogP contribution is -2.51. The van der Waals surface area contributed by atoms with Gasteiger partial charge in [-0.1, -0.05) is 73.7 Å². The van der Waals surface area contributed by atoms with Gasteiger partial charge in [-0.2, -0.15) is 0 Å². The summed E-state index contributed by atoms with van der Waals surface area (Å²) in [6.07, 6.45) is 6.01. The van der Waals surface area contributed by atoms with Crippen LogP contribution in [0.4, 0.5) is 5.95 Å². The van der Waals surface area contributed by atoms with E-state index in [9.17, 15) is 9.90 Å². The average Bonchev–Trinajstić information content (AvgIpc) is 3.19. The molecule has 3 aromatic carbocycles. The number of aromatic nitrogens is 3. The molecule has 5 aromatic rings. The third kappa shape index (κ3) is 7.90. The second kappa shape index (κ2) is 15.7. The molecule has 2 aromatic heterocycles. The maximum atomic E-state index is 12.5. The molecular formula is C40H42N6O4. The van der Waals surface area contributed by atoms with E-state index < -0.39 is 6.29 Å². The summed E-state index contributed by atoms with van der Waals surface area (Å²) in [5.74, 6) is 0.721. The number of aliphatic hydroxyl groups is 1. The second-order valence-corrected chi connectivity index (χ2v) is 12.9. The van der Waals surface area contributed by atoms with E-state index in [4.69, 9.17) is 9.47 Å². The van der Waals surface area contributed by atoms with Crippen LogP contribution >= 0.6 is 0 Å². The first-order valence-corrected chi connectivity index (χ1v) is 17.2. The van der Waals surface area contributed by atoms with E-state index in [1.165, 1.54) is 0 Å². The number of amides is 1. The third-order valence-electron chi connectivity index (χ3n) is 9.59. The van der Waals surface area contributed by atoms with Gasteiger partial charge in [-0.3, -0.25) is 14.7 Å². The van der Waals surface area contributed by atoms with E-state index in [-0.39, 0.29) is 30.6 Å². The Kier molecular flexibility index (Phi) is 10.5. The summed E-state index contributed by atoms with van der Waals surface area (Å²) in [6.45, 7) is 6.92. The standard InChI is InChI=1S/C40H42N6O4/c1-28-36(26-45-19-21-46(22-20-45)40-42-17-4-18-43-40)49-39(50-37(28)32-10-8-29(27-47)9-11-32)33-14-12-31(13-15-33)34-6-2-5-30(23-34)24-44-38(48)35-7-3-16-41-25-35/h2-18,23,25,28,36-37,39,47H,19-22,24,26-27H2,1H3,(H,44,48)/t28-,36+,37+,39+/m1/s1. The summed E-state index contributed by atoms with van der Waals surface area (Å²) >= 11 is 0. The molecule has 2 saturated heterocycles. The molecule has 50 heavy (non-hydrogen) atoms. The van der Waals surface area contributed by atoms with Crippen molar-refractivity contribution in [1.82, 2.24) is 25.2 Å². The monoisotopic (exact) mass is 670 g/mol. The van der Waals surface area contributed by atoms with Crippen molar-refractivity contribution >= 4 is 11.9 Å². The van der Waals surface area contributed by atoms with Crippen LogP contribution in [0, 0.1) is 5.92 Å². The average molecular weight is 671 g/mol. The number of nitrogens with zero attached hydrogens (tertiary/aromatic N) is 5. The molecule has 2 N–H and O–H groups in total. The van der Waals surface area contributed by atoms with Gasteiger partial charge in [0.05, 0.1) is 24.4 Å². The number of aliphatic hydroxyl groups excluding tert-OH is 1. The predicted molar refractivity (Wildman–Crippen MR) is 191 cm³/mol. The Balaban J connectivity index is 1.05. The van der Waals surface area contributed by atoms with Crippen molar-refractivity contribution < 1.29 is 19.4 Å². The van der Waals surface area contributed by atoms with E-state index in [1.54, 1.807) is 36.9 Å². The zero-order valence-corrected chi connectivity index (χ0v) is 28.1. The Labute approximate surface area is 292 Å². The highest BCUT2D eigenvalue weighted by molar-refractivity contribution is 5.93. The number of hydrogen-bond acceptors (Lipinski definition) is 9. The number of carbonyl (C=O) groups is 1. The number of ether oxygens (including phenoxy) is 2. The lowest BCUT2D eigenvalue weighted by molar-refractivity contribution is -0.276. The molecule has 10 nitrogen and oxygen atoms in total. The molecule has 2 aliphatic rings. The molecule has 0 radical (unpaired) electrons. The van der Waals surface area contributed by atoms with Gasteiger partial charge in [0.25, 0.3) is 5.91 Å². The Morgan fingerprint density at radius 1 is 0.820 bits per heavy atom. The minimum absolute atomic E-state index is 0.00497. The minimum Gasteiger partial charge on any atom is -0.392 e. The number of piperazine rings is 1. The zero-order chi connectivity index (χ0) is 34.3. The van der Waals surface area contributed by atoms with E-state index in [2.05, 4.69) is 85.5 Å². The summed E-state index contributed by atoms with van der Waals surface area (Å²) in [5.41, 5.74) is 6.56. The van der Waals surface area contributed by atoms with Gasteiger partial charge < -0.3 is 24.8 Å². The highest BCUT2D eigenvalue weighted by Crippen LogP contribution is 2.42. The van der Waals surface area contributed by atoms with E-state index in [0.29, 0.717) is 12.1 Å². The predicted octanol–water partition coefficient (Wildman–Crippen LogP) is 5.57. The molecule has 2 aliphatic heterocycles. The number of nitrogens with one attached hydrogen (secondary N) is 1. The molecule has 256 valence electrons. The maximum absolute atomic E-state index is 12.5. The molecule has 1 amide bonds. The molecule has 0 spiro atoms. The third-order valence-corrected chi connectivity index (χ3v) is 9.59. The Bertz CT molecular complexity index is 1830. The first kappa shape index (κ1) is 33.5. The van der Waals surface area contributed by atoms with Crippen molar-refractivity contribution in [3.05, 3.63) is 144 Å². The molecule has 0 saturated carbocycles. The first-order valence-electron chi connectivity index (χ1n) is 17.2. The van der Waals surface area contributed by atoms with Gasteiger partial charge in [-0.25, -0.2) is 9.97 Å². The van der Waals surface area contributed by atoms with Gasteiger partial charge in [0.1, 0.15) is 0 Å². The number of rotatable bonds is 10. The summed E-state index contributed by atoms with van der Waals surface area (Å²) in [4.78, 5) is 30.1. The molecule has 0 bridgehead atoms. The topological polar surface area (TPSA) is 113 Å². The van der Waals surface area contributed by atoms with Crippen molar-refractivity contribution in [3.63, 3.8) is 0 Å². The molecule has 10 heteroatoms. The SMILES string of the molecule is C[C@@H]1[C@H](CN2CCN(c3ncccn3)CC2)O[C@H](c2ccc(-c3cccc(CNC(=O)c4cccnc4)c3)cc2)O[C@@H]1c1ccc(CO)cc1. The van der Waals surface area contributed by atoms with Crippen LogP contribution in [0.15, 0.2) is 116 Å². The highest BCUT2D eigenvalue weighted by atomic mass is 16.7. The van der Waals surface area contributed by atoms with Crippen LogP contribution in [0.25, 0.3) is 11.1 Å². The van der Waals surface area contributed by atoms with Crippen molar-refractivity contribution in [2.75, 3.05) is 37.6 Å². The Morgan fingerprint density at radius 2 is 1.58 bits per heavy atom. The lowest BCUT2D eigenvalue weighted by atomic mass is 9.89. The smallest absolute Gasteiger partial charge is 0.253 e. The van der Waals surface area contributed by atoms with Crippen molar-refractivity contribution in [2.24, 2.45) is 5.92 Å². The normalized spacial score (nSPS) is 21.1. The highest BCUT2D eigenvalue weighted by Gasteiger charge is 2.39. The number of anilines is 1. The largest absolute Gasteiger partial charge is 0.392 e. The fourth-order valence-corrected chi connectivity index (χ4v) is 6.64. The van der Waals surface area contributed by atoms with Crippen LogP contribution in [0.1, 0.15) is 51.9 Å². The molecule has 7 rings (SSSR count). The fraction of sp³-hybridized carbons (Fsp3) is 0.300. The molecule has 2 fully saturated rings. The van der Waals surface area contributed by atoms with Crippen LogP contribution in [0.3, 0.4) is 0 Å². The van der Waals surface area contributed by atoms with Crippen molar-refractivity contribution in [3.8, 4) is 11.1 Å². The van der Waals surface area contributed by atoms with Crippen LogP contribution in [-0.4, -0.2) is 69.7 Å². The van der Waals surface area contributed by atoms with E-state index >= 15 is 0 Å². The molecular weight excluding hydrogens is 628 g/mol. The summed E-state index contributed by atoms with van der Waals surface area (Å²) in [7, 11) is 0. The molecule has 4 heterocycles. The molecule has 0 aliphatic carbocycles. The van der Waals surface area contributed by atoms with Gasteiger partial charge in [-0.15, -0.1) is 0 Å². The van der Waals surface area contributed by atoms with Gasteiger partial charge in [-0.05, 0) is 52.1 Å². The molecule has 0 unspecified atom stereocenters. The summed E-state index contributed by atoms with van der Waals surface area (Å²) in [6, 6.07) is 29.9. The van der Waals surface area contributed by atoms with Gasteiger partial charge in [0.2, 0.25) is 5.95 Å². The van der Waals surface area contributed by atoms with Crippen molar-refractivity contribution in [1.29, 1.82) is 0 Å². The number of benzene rings is 3. The quantitative estimate of drug-likeness (QED) is 0.197. The van der Waals surface area contributed by atoms with Crippen LogP contribution in [0.5, 0.6) is 0 Å². The van der Waals surface area contributed by atoms with Crippen LogP contribution in [0.2, 0.25) is 0 Å². The second-order valence-electron chi connectivity index (χ2n) is 12.9. The Hall–Kier alpha value is -5.00. The lowest BCUT2D eigenvalue weighted by Gasteiger charge is -2.44. The Morgan fingerprint density at radius 3 is 2.30 bits per heavy atom. The van der Waals surface area contributed by atoms with E-state index in [0.717, 1.165) is 72.1 Å². The number of carbonyl (C=O) groups excluding carboxylic acids is 1. The minimum atomic E-state index is -0.541. The van der Waals surface area contributed by atoms with Crippen LogP contribution < -0.4 is 10.2 Å².